The highest BCUT2D eigenvalue weighted by Crippen LogP contribution is 2.32. The molecule has 3 N–H and O–H groups in total. The molecule has 1 fully saturated rings. The topological polar surface area (TPSA) is 92.5 Å². The van der Waals surface area contributed by atoms with E-state index in [1.54, 1.807) is 31.1 Å². The highest BCUT2D eigenvalue weighted by molar-refractivity contribution is 7.89. The molecule has 1 saturated carbocycles. The molecule has 1 amide bonds. The molecule has 6 nitrogen and oxygen atoms in total. The Balaban J connectivity index is 2.30. The van der Waals surface area contributed by atoms with Crippen molar-refractivity contribution in [3.8, 4) is 0 Å². The Morgan fingerprint density at radius 3 is 2.48 bits per heavy atom. The number of hydrogen-bond donors (Lipinski definition) is 2. The first-order valence-corrected chi connectivity index (χ1v) is 8.40. The maximum atomic E-state index is 12.2. The van der Waals surface area contributed by atoms with Crippen LogP contribution in [0.5, 0.6) is 0 Å². The van der Waals surface area contributed by atoms with Gasteiger partial charge >= 0.3 is 0 Å². The van der Waals surface area contributed by atoms with Crippen molar-refractivity contribution in [1.29, 1.82) is 0 Å². The van der Waals surface area contributed by atoms with Gasteiger partial charge in [-0.3, -0.25) is 4.79 Å². The number of benzene rings is 1. The van der Waals surface area contributed by atoms with Gasteiger partial charge in [0.25, 0.3) is 5.91 Å². The first-order chi connectivity index (χ1) is 9.70. The molecule has 0 saturated heterocycles. The summed E-state index contributed by atoms with van der Waals surface area (Å²) < 4.78 is 23.4. The van der Waals surface area contributed by atoms with E-state index in [0.29, 0.717) is 17.2 Å². The van der Waals surface area contributed by atoms with Crippen molar-refractivity contribution in [2.24, 2.45) is 11.1 Å². The van der Waals surface area contributed by atoms with Gasteiger partial charge in [-0.2, -0.15) is 0 Å². The molecule has 1 aromatic rings. The van der Waals surface area contributed by atoms with Gasteiger partial charge in [0.15, 0.2) is 0 Å². The highest BCUT2D eigenvalue weighted by atomic mass is 32.2. The molecule has 1 aliphatic rings. The normalized spacial score (nSPS) is 16.4. The average Bonchev–Trinajstić information content (AvgIpc) is 3.20. The second kappa shape index (κ2) is 5.65. The fraction of sp³-hybridized carbons (Fsp3) is 0.500. The summed E-state index contributed by atoms with van der Waals surface area (Å²) in [6.45, 7) is 1.96. The number of carbonyl (C=O) groups is 1. The van der Waals surface area contributed by atoms with E-state index in [1.807, 2.05) is 6.92 Å². The lowest BCUT2D eigenvalue weighted by molar-refractivity contribution is 0.0935. The smallest absolute Gasteiger partial charge is 0.251 e. The van der Waals surface area contributed by atoms with Crippen LogP contribution < -0.4 is 15.4 Å². The van der Waals surface area contributed by atoms with Gasteiger partial charge in [0.05, 0.1) is 5.69 Å². The fourth-order valence-corrected chi connectivity index (χ4v) is 3.09. The molecular weight excluding hydrogens is 290 g/mol. The third kappa shape index (κ3) is 3.74. The van der Waals surface area contributed by atoms with Crippen LogP contribution in [0.25, 0.3) is 0 Å². The molecule has 0 bridgehead atoms. The Morgan fingerprint density at radius 2 is 2.00 bits per heavy atom. The standard InChI is InChI=1S/C14H21N3O3S/c1-9(10-4-5-10)16-14(18)11-6-7-12(17(2)3)13(8-11)21(15,19)20/h6-10H,4-5H2,1-3H3,(H,16,18)(H2,15,19,20). The van der Waals surface area contributed by atoms with Crippen LogP contribution in [-0.4, -0.2) is 34.5 Å². The van der Waals surface area contributed by atoms with Crippen molar-refractivity contribution in [2.45, 2.75) is 30.7 Å². The van der Waals surface area contributed by atoms with Crippen LogP contribution >= 0.6 is 0 Å². The number of sulfonamides is 1. The summed E-state index contributed by atoms with van der Waals surface area (Å²) in [5.74, 6) is 0.261. The summed E-state index contributed by atoms with van der Waals surface area (Å²) >= 11 is 0. The largest absolute Gasteiger partial charge is 0.377 e. The van der Waals surface area contributed by atoms with Crippen LogP contribution in [0, 0.1) is 5.92 Å². The first kappa shape index (κ1) is 15.8. The quantitative estimate of drug-likeness (QED) is 0.846. The van der Waals surface area contributed by atoms with Crippen LogP contribution in [-0.2, 0) is 10.0 Å². The number of amides is 1. The van der Waals surface area contributed by atoms with E-state index in [9.17, 15) is 13.2 Å². The molecule has 7 heteroatoms. The Labute approximate surface area is 125 Å². The Kier molecular flexibility index (Phi) is 4.25. The van der Waals surface area contributed by atoms with Crippen molar-refractivity contribution in [1.82, 2.24) is 5.32 Å². The zero-order valence-corrected chi connectivity index (χ0v) is 13.3. The molecule has 1 unspecified atom stereocenters. The molecule has 2 rings (SSSR count). The second-order valence-electron chi connectivity index (χ2n) is 5.72. The number of hydrogen-bond acceptors (Lipinski definition) is 4. The maximum absolute atomic E-state index is 12.2. The van der Waals surface area contributed by atoms with E-state index in [2.05, 4.69) is 5.32 Å². The molecule has 0 aromatic heterocycles. The van der Waals surface area contributed by atoms with E-state index in [0.717, 1.165) is 12.8 Å². The zero-order chi connectivity index (χ0) is 15.8. The van der Waals surface area contributed by atoms with Gasteiger partial charge in [-0.25, -0.2) is 13.6 Å². The summed E-state index contributed by atoms with van der Waals surface area (Å²) in [6, 6.07) is 4.64. The lowest BCUT2D eigenvalue weighted by Gasteiger charge is -2.18. The van der Waals surface area contributed by atoms with Gasteiger partial charge in [-0.1, -0.05) is 0 Å². The number of nitrogens with two attached hydrogens (primary N) is 1. The minimum absolute atomic E-state index is 0.0424. The van der Waals surface area contributed by atoms with Crippen LogP contribution in [0.15, 0.2) is 23.1 Å². The van der Waals surface area contributed by atoms with Gasteiger partial charge in [0, 0.05) is 25.7 Å². The molecule has 1 atom stereocenters. The molecule has 116 valence electrons. The molecule has 0 spiro atoms. The van der Waals surface area contributed by atoms with Gasteiger partial charge in [0.1, 0.15) is 4.90 Å². The van der Waals surface area contributed by atoms with Crippen LogP contribution in [0.3, 0.4) is 0 Å². The second-order valence-corrected chi connectivity index (χ2v) is 7.25. The highest BCUT2D eigenvalue weighted by Gasteiger charge is 2.29. The Morgan fingerprint density at radius 1 is 1.38 bits per heavy atom. The Hall–Kier alpha value is -1.60. The van der Waals surface area contributed by atoms with Gasteiger partial charge in [0.2, 0.25) is 10.0 Å². The van der Waals surface area contributed by atoms with E-state index in [1.165, 1.54) is 6.07 Å². The summed E-state index contributed by atoms with van der Waals surface area (Å²) in [7, 11) is -0.446. The third-order valence-electron chi connectivity index (χ3n) is 3.70. The number of nitrogens with one attached hydrogen (secondary N) is 1. The molecule has 0 aliphatic heterocycles. The maximum Gasteiger partial charge on any atom is 0.251 e. The fourth-order valence-electron chi connectivity index (χ4n) is 2.26. The predicted molar refractivity (Wildman–Crippen MR) is 81.8 cm³/mol. The predicted octanol–water partition coefficient (Wildman–Crippen LogP) is 0.928. The number of rotatable bonds is 5. The van der Waals surface area contributed by atoms with Gasteiger partial charge in [-0.05, 0) is 43.9 Å². The van der Waals surface area contributed by atoms with E-state index in [4.69, 9.17) is 5.14 Å². The lowest BCUT2D eigenvalue weighted by atomic mass is 10.1. The number of nitrogens with zero attached hydrogens (tertiary/aromatic N) is 1. The summed E-state index contributed by atoms with van der Waals surface area (Å²) in [6.07, 6.45) is 2.26. The van der Waals surface area contributed by atoms with E-state index < -0.39 is 10.0 Å². The van der Waals surface area contributed by atoms with Gasteiger partial charge in [-0.15, -0.1) is 0 Å². The minimum atomic E-state index is -3.89. The summed E-state index contributed by atoms with van der Waals surface area (Å²) in [5.41, 5.74) is 0.765. The zero-order valence-electron chi connectivity index (χ0n) is 12.5. The summed E-state index contributed by atoms with van der Waals surface area (Å²) in [4.78, 5) is 13.8. The van der Waals surface area contributed by atoms with Crippen molar-refractivity contribution in [3.63, 3.8) is 0 Å². The average molecular weight is 311 g/mol. The lowest BCUT2D eigenvalue weighted by Crippen LogP contribution is -2.34. The molecular formula is C14H21N3O3S. The van der Waals surface area contributed by atoms with E-state index in [-0.39, 0.29) is 16.8 Å². The van der Waals surface area contributed by atoms with Crippen molar-refractivity contribution >= 4 is 21.6 Å². The van der Waals surface area contributed by atoms with Crippen molar-refractivity contribution in [2.75, 3.05) is 19.0 Å². The van der Waals surface area contributed by atoms with Crippen LogP contribution in [0.2, 0.25) is 0 Å². The van der Waals surface area contributed by atoms with E-state index >= 15 is 0 Å². The number of carbonyl (C=O) groups excluding carboxylic acids is 1. The molecule has 1 aromatic carbocycles. The molecule has 21 heavy (non-hydrogen) atoms. The SMILES string of the molecule is CC(NC(=O)c1ccc(N(C)C)c(S(N)(=O)=O)c1)C1CC1. The van der Waals surface area contributed by atoms with Crippen molar-refractivity contribution in [3.05, 3.63) is 23.8 Å². The summed E-state index contributed by atoms with van der Waals surface area (Å²) in [5, 5.41) is 8.14. The van der Waals surface area contributed by atoms with Crippen LogP contribution in [0.4, 0.5) is 5.69 Å². The van der Waals surface area contributed by atoms with Crippen molar-refractivity contribution < 1.29 is 13.2 Å². The number of primary sulfonamides is 1. The first-order valence-electron chi connectivity index (χ1n) is 6.85. The third-order valence-corrected chi connectivity index (χ3v) is 4.64. The monoisotopic (exact) mass is 311 g/mol. The molecule has 1 aliphatic carbocycles. The van der Waals surface area contributed by atoms with Crippen LogP contribution in [0.1, 0.15) is 30.1 Å². The van der Waals surface area contributed by atoms with Gasteiger partial charge < -0.3 is 10.2 Å². The minimum Gasteiger partial charge on any atom is -0.377 e. The molecule has 0 radical (unpaired) electrons. The molecule has 0 heterocycles. The Bertz CT molecular complexity index is 651. The number of anilines is 1.